The highest BCUT2D eigenvalue weighted by Gasteiger charge is 2.55. The van der Waals surface area contributed by atoms with Gasteiger partial charge in [0.1, 0.15) is 11.6 Å². The number of hydrogen-bond donors (Lipinski definition) is 1. The fraction of sp³-hybridized carbons (Fsp3) is 0.867. The standard InChI is InChI=1S/C15H24N2O2S/c1-3-12-13(18)16-15(2,11-4-5-11)14(19)17(12)8-10-6-7-20-9-10/h10-12H,3-9H2,1-2H3,(H,16,18). The first-order valence-electron chi connectivity index (χ1n) is 7.77. The summed E-state index contributed by atoms with van der Waals surface area (Å²) in [5, 5.41) is 3.03. The molecular weight excluding hydrogens is 272 g/mol. The minimum atomic E-state index is -0.644. The van der Waals surface area contributed by atoms with Crippen LogP contribution in [0.1, 0.15) is 39.5 Å². The summed E-state index contributed by atoms with van der Waals surface area (Å²) in [5.41, 5.74) is -0.644. The van der Waals surface area contributed by atoms with Gasteiger partial charge in [0.15, 0.2) is 0 Å². The molecule has 0 spiro atoms. The van der Waals surface area contributed by atoms with Crippen LogP contribution in [0.5, 0.6) is 0 Å². The summed E-state index contributed by atoms with van der Waals surface area (Å²) in [6.07, 6.45) is 4.00. The molecule has 20 heavy (non-hydrogen) atoms. The molecule has 1 N–H and O–H groups in total. The van der Waals surface area contributed by atoms with E-state index in [9.17, 15) is 9.59 Å². The first-order chi connectivity index (χ1) is 9.56. The minimum absolute atomic E-state index is 0.0483. The van der Waals surface area contributed by atoms with E-state index in [0.717, 1.165) is 25.1 Å². The molecule has 3 unspecified atom stereocenters. The van der Waals surface area contributed by atoms with Crippen LogP contribution < -0.4 is 5.32 Å². The second-order valence-corrected chi connectivity index (χ2v) is 7.73. The number of piperazine rings is 1. The molecule has 112 valence electrons. The number of carbonyl (C=O) groups excluding carboxylic acids is 2. The maximum atomic E-state index is 12.9. The van der Waals surface area contributed by atoms with Crippen LogP contribution in [-0.4, -0.2) is 46.3 Å². The highest BCUT2D eigenvalue weighted by Crippen LogP contribution is 2.42. The van der Waals surface area contributed by atoms with Gasteiger partial charge < -0.3 is 10.2 Å². The van der Waals surface area contributed by atoms with Crippen molar-refractivity contribution in [1.82, 2.24) is 10.2 Å². The minimum Gasteiger partial charge on any atom is -0.340 e. The second-order valence-electron chi connectivity index (χ2n) is 6.58. The summed E-state index contributed by atoms with van der Waals surface area (Å²) >= 11 is 1.96. The normalized spacial score (nSPS) is 38.2. The number of nitrogens with one attached hydrogen (secondary N) is 1. The monoisotopic (exact) mass is 296 g/mol. The summed E-state index contributed by atoms with van der Waals surface area (Å²) in [5.74, 6) is 3.43. The molecule has 3 fully saturated rings. The van der Waals surface area contributed by atoms with Gasteiger partial charge in [-0.2, -0.15) is 11.8 Å². The Balaban J connectivity index is 1.81. The Hall–Kier alpha value is -0.710. The van der Waals surface area contributed by atoms with E-state index in [1.807, 2.05) is 30.5 Å². The van der Waals surface area contributed by atoms with Gasteiger partial charge in [-0.05, 0) is 55.9 Å². The third-order valence-electron chi connectivity index (χ3n) is 5.03. The van der Waals surface area contributed by atoms with Gasteiger partial charge in [0.25, 0.3) is 0 Å². The first-order valence-corrected chi connectivity index (χ1v) is 8.92. The lowest BCUT2D eigenvalue weighted by atomic mass is 9.88. The van der Waals surface area contributed by atoms with Crippen molar-refractivity contribution in [1.29, 1.82) is 0 Å². The molecule has 0 aromatic heterocycles. The van der Waals surface area contributed by atoms with Crippen LogP contribution in [0.2, 0.25) is 0 Å². The van der Waals surface area contributed by atoms with Crippen molar-refractivity contribution in [3.05, 3.63) is 0 Å². The van der Waals surface area contributed by atoms with Crippen molar-refractivity contribution in [3.8, 4) is 0 Å². The Bertz CT molecular complexity index is 418. The van der Waals surface area contributed by atoms with Crippen LogP contribution in [0, 0.1) is 11.8 Å². The number of nitrogens with zero attached hydrogens (tertiary/aromatic N) is 1. The third kappa shape index (κ3) is 2.34. The van der Waals surface area contributed by atoms with Gasteiger partial charge in [-0.25, -0.2) is 0 Å². The first kappa shape index (κ1) is 14.2. The van der Waals surface area contributed by atoms with Crippen LogP contribution in [0.25, 0.3) is 0 Å². The number of carbonyl (C=O) groups is 2. The quantitative estimate of drug-likeness (QED) is 0.858. The van der Waals surface area contributed by atoms with Crippen molar-refractivity contribution >= 4 is 23.6 Å². The van der Waals surface area contributed by atoms with Crippen LogP contribution in [0.3, 0.4) is 0 Å². The van der Waals surface area contributed by atoms with Gasteiger partial charge in [0, 0.05) is 6.54 Å². The smallest absolute Gasteiger partial charge is 0.249 e. The van der Waals surface area contributed by atoms with E-state index in [0.29, 0.717) is 18.3 Å². The lowest BCUT2D eigenvalue weighted by molar-refractivity contribution is -0.156. The van der Waals surface area contributed by atoms with E-state index in [1.54, 1.807) is 0 Å². The van der Waals surface area contributed by atoms with E-state index < -0.39 is 5.54 Å². The molecule has 0 radical (unpaired) electrons. The van der Waals surface area contributed by atoms with E-state index in [4.69, 9.17) is 0 Å². The van der Waals surface area contributed by atoms with E-state index in [1.165, 1.54) is 12.2 Å². The average Bonchev–Trinajstić information content (AvgIpc) is 3.16. The molecule has 5 heteroatoms. The zero-order chi connectivity index (χ0) is 14.3. The fourth-order valence-corrected chi connectivity index (χ4v) is 4.80. The van der Waals surface area contributed by atoms with Gasteiger partial charge in [0.05, 0.1) is 0 Å². The molecule has 1 saturated carbocycles. The summed E-state index contributed by atoms with van der Waals surface area (Å²) in [7, 11) is 0. The Labute approximate surface area is 125 Å². The number of hydrogen-bond acceptors (Lipinski definition) is 3. The van der Waals surface area contributed by atoms with E-state index >= 15 is 0 Å². The Morgan fingerprint density at radius 1 is 1.35 bits per heavy atom. The Morgan fingerprint density at radius 3 is 2.65 bits per heavy atom. The van der Waals surface area contributed by atoms with E-state index in [-0.39, 0.29) is 17.9 Å². The lowest BCUT2D eigenvalue weighted by Crippen LogP contribution is -2.70. The van der Waals surface area contributed by atoms with Crippen molar-refractivity contribution in [2.45, 2.75) is 51.1 Å². The fourth-order valence-electron chi connectivity index (χ4n) is 3.53. The zero-order valence-corrected chi connectivity index (χ0v) is 13.2. The molecule has 0 aromatic carbocycles. The summed E-state index contributed by atoms with van der Waals surface area (Å²) in [6, 6.07) is -0.264. The predicted molar refractivity (Wildman–Crippen MR) is 80.5 cm³/mol. The van der Waals surface area contributed by atoms with Gasteiger partial charge in [-0.15, -0.1) is 0 Å². The molecule has 2 aliphatic heterocycles. The number of thioether (sulfide) groups is 1. The van der Waals surface area contributed by atoms with Gasteiger partial charge in [-0.3, -0.25) is 9.59 Å². The van der Waals surface area contributed by atoms with E-state index in [2.05, 4.69) is 5.32 Å². The molecule has 3 atom stereocenters. The highest BCUT2D eigenvalue weighted by atomic mass is 32.2. The second kappa shape index (κ2) is 5.24. The van der Waals surface area contributed by atoms with Gasteiger partial charge in [0.2, 0.25) is 11.8 Å². The molecule has 0 bridgehead atoms. The van der Waals surface area contributed by atoms with Crippen molar-refractivity contribution in [2.24, 2.45) is 11.8 Å². The Kier molecular flexibility index (Phi) is 3.73. The highest BCUT2D eigenvalue weighted by molar-refractivity contribution is 7.99. The summed E-state index contributed by atoms with van der Waals surface area (Å²) in [6.45, 7) is 4.68. The molecule has 4 nitrogen and oxygen atoms in total. The molecule has 2 amide bonds. The summed E-state index contributed by atoms with van der Waals surface area (Å²) < 4.78 is 0. The average molecular weight is 296 g/mol. The SMILES string of the molecule is CCC1C(=O)NC(C)(C2CC2)C(=O)N1CC1CCSC1. The van der Waals surface area contributed by atoms with Crippen LogP contribution in [0.4, 0.5) is 0 Å². The number of amides is 2. The number of rotatable bonds is 4. The van der Waals surface area contributed by atoms with Gasteiger partial charge >= 0.3 is 0 Å². The van der Waals surface area contributed by atoms with Crippen molar-refractivity contribution < 1.29 is 9.59 Å². The maximum absolute atomic E-state index is 12.9. The molecule has 2 heterocycles. The van der Waals surface area contributed by atoms with Crippen LogP contribution in [0.15, 0.2) is 0 Å². The largest absolute Gasteiger partial charge is 0.340 e. The molecular formula is C15H24N2O2S. The molecule has 3 rings (SSSR count). The van der Waals surface area contributed by atoms with Gasteiger partial charge in [-0.1, -0.05) is 6.92 Å². The molecule has 0 aromatic rings. The third-order valence-corrected chi connectivity index (χ3v) is 6.26. The van der Waals surface area contributed by atoms with Crippen LogP contribution in [-0.2, 0) is 9.59 Å². The lowest BCUT2D eigenvalue weighted by Gasteiger charge is -2.45. The topological polar surface area (TPSA) is 49.4 Å². The maximum Gasteiger partial charge on any atom is 0.249 e. The zero-order valence-electron chi connectivity index (χ0n) is 12.4. The van der Waals surface area contributed by atoms with Crippen LogP contribution >= 0.6 is 11.8 Å². The summed E-state index contributed by atoms with van der Waals surface area (Å²) in [4.78, 5) is 27.2. The van der Waals surface area contributed by atoms with Crippen molar-refractivity contribution in [3.63, 3.8) is 0 Å². The molecule has 3 aliphatic rings. The predicted octanol–water partition coefficient (Wildman–Crippen LogP) is 1.65. The van der Waals surface area contributed by atoms with Crippen molar-refractivity contribution in [2.75, 3.05) is 18.1 Å². The molecule has 2 saturated heterocycles. The Morgan fingerprint density at radius 2 is 2.10 bits per heavy atom. The molecule has 1 aliphatic carbocycles.